The van der Waals surface area contributed by atoms with Gasteiger partial charge in [0.2, 0.25) is 0 Å². The number of thiophene rings is 1. The van der Waals surface area contributed by atoms with Crippen LogP contribution in [0.5, 0.6) is 0 Å². The Bertz CT molecular complexity index is 361. The van der Waals surface area contributed by atoms with Crippen molar-refractivity contribution in [2.45, 2.75) is 13.3 Å². The maximum Gasteiger partial charge on any atom is 0.255 e. The van der Waals surface area contributed by atoms with Crippen molar-refractivity contribution in [2.24, 2.45) is 0 Å². The van der Waals surface area contributed by atoms with E-state index in [1.807, 2.05) is 11.0 Å². The summed E-state index contributed by atoms with van der Waals surface area (Å²) in [7, 11) is 0. The number of hydrogen-bond acceptors (Lipinski definition) is 2. The normalized spacial score (nSPS) is 10.5. The molecule has 1 amide bonds. The maximum absolute atomic E-state index is 12.2. The van der Waals surface area contributed by atoms with Crippen molar-refractivity contribution in [3.05, 3.63) is 19.2 Å². The zero-order chi connectivity index (χ0) is 12.1. The third kappa shape index (κ3) is 3.82. The summed E-state index contributed by atoms with van der Waals surface area (Å²) in [4.78, 5) is 14.1. The van der Waals surface area contributed by atoms with Gasteiger partial charge in [-0.3, -0.25) is 4.79 Å². The van der Waals surface area contributed by atoms with Crippen LogP contribution in [0.2, 0.25) is 0 Å². The lowest BCUT2D eigenvalue weighted by molar-refractivity contribution is 0.0766. The second kappa shape index (κ2) is 7.13. The van der Waals surface area contributed by atoms with Gasteiger partial charge in [-0.25, -0.2) is 0 Å². The molecule has 1 rings (SSSR count). The van der Waals surface area contributed by atoms with Crippen molar-refractivity contribution in [3.63, 3.8) is 0 Å². The van der Waals surface area contributed by atoms with Crippen LogP contribution in [0.15, 0.2) is 13.6 Å². The van der Waals surface area contributed by atoms with E-state index in [0.717, 1.165) is 38.0 Å². The van der Waals surface area contributed by atoms with Crippen LogP contribution in [0.1, 0.15) is 23.7 Å². The molecule has 1 aromatic rings. The standard InChI is InChI=1S/C10H12Br3NOS/c1-2-4-14(5-3-11)10(15)7-6-8(12)16-9(7)13/h6H,2-5H2,1H3. The van der Waals surface area contributed by atoms with Gasteiger partial charge in [0.05, 0.1) is 13.1 Å². The average Bonchev–Trinajstić information content (AvgIpc) is 2.56. The SMILES string of the molecule is CCCN(CCBr)C(=O)c1cc(Br)sc1Br. The molecule has 0 N–H and O–H groups in total. The minimum Gasteiger partial charge on any atom is -0.338 e. The second-order valence-corrected chi connectivity index (χ2v) is 7.76. The fourth-order valence-electron chi connectivity index (χ4n) is 1.34. The lowest BCUT2D eigenvalue weighted by Crippen LogP contribution is -2.33. The molecular weight excluding hydrogens is 422 g/mol. The van der Waals surface area contributed by atoms with Crippen molar-refractivity contribution in [2.75, 3.05) is 18.4 Å². The Labute approximate surface area is 125 Å². The van der Waals surface area contributed by atoms with Gasteiger partial charge in [0.1, 0.15) is 0 Å². The van der Waals surface area contributed by atoms with Gasteiger partial charge in [0.15, 0.2) is 0 Å². The van der Waals surface area contributed by atoms with Gasteiger partial charge < -0.3 is 4.90 Å². The Morgan fingerprint density at radius 3 is 2.56 bits per heavy atom. The van der Waals surface area contributed by atoms with Gasteiger partial charge >= 0.3 is 0 Å². The van der Waals surface area contributed by atoms with Crippen LogP contribution >= 0.6 is 59.1 Å². The van der Waals surface area contributed by atoms with Gasteiger partial charge in [0, 0.05) is 18.4 Å². The predicted octanol–water partition coefficient (Wildman–Crippen LogP) is 4.52. The lowest BCUT2D eigenvalue weighted by Gasteiger charge is -2.20. The number of rotatable bonds is 5. The molecule has 0 fully saturated rings. The number of carbonyl (C=O) groups is 1. The summed E-state index contributed by atoms with van der Waals surface area (Å²) in [6.45, 7) is 3.62. The average molecular weight is 434 g/mol. The molecule has 16 heavy (non-hydrogen) atoms. The number of amides is 1. The Hall–Kier alpha value is 0.610. The molecule has 0 atom stereocenters. The highest BCUT2D eigenvalue weighted by Gasteiger charge is 2.19. The summed E-state index contributed by atoms with van der Waals surface area (Å²) < 4.78 is 1.86. The number of carbonyl (C=O) groups excluding carboxylic acids is 1. The van der Waals surface area contributed by atoms with E-state index in [9.17, 15) is 4.79 Å². The van der Waals surface area contributed by atoms with Gasteiger partial charge in [0.25, 0.3) is 5.91 Å². The number of nitrogens with zero attached hydrogens (tertiary/aromatic N) is 1. The van der Waals surface area contributed by atoms with Gasteiger partial charge in [-0.05, 0) is 44.3 Å². The molecule has 0 radical (unpaired) electrons. The molecule has 0 aliphatic carbocycles. The first-order chi connectivity index (χ1) is 7.60. The first kappa shape index (κ1) is 14.7. The molecule has 1 heterocycles. The quantitative estimate of drug-likeness (QED) is 0.625. The number of halogens is 3. The number of hydrogen-bond donors (Lipinski definition) is 0. The molecule has 0 aromatic carbocycles. The molecule has 0 unspecified atom stereocenters. The van der Waals surface area contributed by atoms with E-state index in [4.69, 9.17) is 0 Å². The summed E-state index contributed by atoms with van der Waals surface area (Å²) >= 11 is 11.7. The van der Waals surface area contributed by atoms with Crippen molar-refractivity contribution in [3.8, 4) is 0 Å². The van der Waals surface area contributed by atoms with Crippen molar-refractivity contribution in [1.82, 2.24) is 4.90 Å². The Balaban J connectivity index is 2.85. The van der Waals surface area contributed by atoms with E-state index in [-0.39, 0.29) is 5.91 Å². The van der Waals surface area contributed by atoms with E-state index in [1.165, 1.54) is 11.3 Å². The van der Waals surface area contributed by atoms with Gasteiger partial charge in [-0.2, -0.15) is 0 Å². The summed E-state index contributed by atoms with van der Waals surface area (Å²) in [6.07, 6.45) is 0.974. The van der Waals surface area contributed by atoms with E-state index >= 15 is 0 Å². The Kier molecular flexibility index (Phi) is 6.54. The molecule has 0 aliphatic rings. The molecule has 0 aliphatic heterocycles. The van der Waals surface area contributed by atoms with Crippen LogP contribution in [0.4, 0.5) is 0 Å². The van der Waals surface area contributed by atoms with Crippen LogP contribution in [0.25, 0.3) is 0 Å². The largest absolute Gasteiger partial charge is 0.338 e. The molecular formula is C10H12Br3NOS. The molecule has 1 aromatic heterocycles. The topological polar surface area (TPSA) is 20.3 Å². The smallest absolute Gasteiger partial charge is 0.255 e. The first-order valence-electron chi connectivity index (χ1n) is 4.90. The van der Waals surface area contributed by atoms with Crippen LogP contribution in [-0.2, 0) is 0 Å². The van der Waals surface area contributed by atoms with Gasteiger partial charge in [-0.1, -0.05) is 22.9 Å². The van der Waals surface area contributed by atoms with Crippen LogP contribution < -0.4 is 0 Å². The Morgan fingerprint density at radius 2 is 2.12 bits per heavy atom. The zero-order valence-corrected chi connectivity index (χ0v) is 14.4. The summed E-state index contributed by atoms with van der Waals surface area (Å²) in [5, 5.41) is 0.807. The molecule has 0 spiro atoms. The van der Waals surface area contributed by atoms with E-state index in [2.05, 4.69) is 54.7 Å². The minimum absolute atomic E-state index is 0.0927. The minimum atomic E-state index is 0.0927. The van der Waals surface area contributed by atoms with Crippen LogP contribution in [0.3, 0.4) is 0 Å². The third-order valence-corrected chi connectivity index (χ3v) is 4.72. The number of alkyl halides is 1. The molecule has 6 heteroatoms. The van der Waals surface area contributed by atoms with Crippen molar-refractivity contribution < 1.29 is 4.79 Å². The molecule has 0 saturated carbocycles. The van der Waals surface area contributed by atoms with Crippen LogP contribution in [0, 0.1) is 0 Å². The lowest BCUT2D eigenvalue weighted by atomic mass is 10.3. The monoisotopic (exact) mass is 431 g/mol. The fourth-order valence-corrected chi connectivity index (χ4v) is 4.55. The highest BCUT2D eigenvalue weighted by atomic mass is 79.9. The molecule has 90 valence electrons. The summed E-state index contributed by atoms with van der Waals surface area (Å²) in [5.74, 6) is 0.0927. The first-order valence-corrected chi connectivity index (χ1v) is 8.42. The molecule has 2 nitrogen and oxygen atoms in total. The second-order valence-electron chi connectivity index (χ2n) is 3.22. The highest BCUT2D eigenvalue weighted by Crippen LogP contribution is 2.32. The van der Waals surface area contributed by atoms with E-state index in [1.54, 1.807) is 0 Å². The van der Waals surface area contributed by atoms with E-state index < -0.39 is 0 Å². The molecule has 0 saturated heterocycles. The summed E-state index contributed by atoms with van der Waals surface area (Å²) in [6, 6.07) is 1.87. The third-order valence-electron chi connectivity index (χ3n) is 2.02. The van der Waals surface area contributed by atoms with Crippen molar-refractivity contribution >= 4 is 65.0 Å². The van der Waals surface area contributed by atoms with E-state index in [0.29, 0.717) is 0 Å². The van der Waals surface area contributed by atoms with Crippen molar-refractivity contribution in [1.29, 1.82) is 0 Å². The van der Waals surface area contributed by atoms with Gasteiger partial charge in [-0.15, -0.1) is 11.3 Å². The fraction of sp³-hybridized carbons (Fsp3) is 0.500. The zero-order valence-electron chi connectivity index (χ0n) is 8.80. The maximum atomic E-state index is 12.2. The highest BCUT2D eigenvalue weighted by molar-refractivity contribution is 9.12. The van der Waals surface area contributed by atoms with Crippen LogP contribution in [-0.4, -0.2) is 29.2 Å². The Morgan fingerprint density at radius 1 is 1.44 bits per heavy atom. The predicted molar refractivity (Wildman–Crippen MR) is 79.7 cm³/mol. The molecule has 0 bridgehead atoms. The summed E-state index contributed by atoms with van der Waals surface area (Å²) in [5.41, 5.74) is 0.742.